The topological polar surface area (TPSA) is 50.8 Å². The summed E-state index contributed by atoms with van der Waals surface area (Å²) >= 11 is 0. The number of carbonyl (C=O) groups is 1. The third kappa shape index (κ3) is 6.09. The number of hydrogen-bond donors (Lipinski definition) is 1. The lowest BCUT2D eigenvalue weighted by molar-refractivity contribution is -0.122. The zero-order valence-electron chi connectivity index (χ0n) is 18.6. The second-order valence-corrected chi connectivity index (χ2v) is 7.67. The Labute approximate surface area is 184 Å². The van der Waals surface area contributed by atoms with Gasteiger partial charge in [0.2, 0.25) is 5.91 Å². The molecule has 1 amide bonds. The Morgan fingerprint density at radius 2 is 1.61 bits per heavy atom. The molecule has 162 valence electrons. The molecule has 0 heterocycles. The highest BCUT2D eigenvalue weighted by molar-refractivity contribution is 5.79. The number of benzene rings is 3. The van der Waals surface area contributed by atoms with Gasteiger partial charge in [0.15, 0.2) is 0 Å². The SMILES string of the molecule is COc1ccc([C@@H](NC(=O)CN(C)Cc2cc(C)ccc2OC)c2ccccc2)cc1. The number of nitrogens with one attached hydrogen (secondary N) is 1. The number of aryl methyl sites for hydroxylation is 1. The molecule has 0 radical (unpaired) electrons. The molecule has 31 heavy (non-hydrogen) atoms. The molecule has 1 atom stereocenters. The van der Waals surface area contributed by atoms with Gasteiger partial charge >= 0.3 is 0 Å². The first-order valence-electron chi connectivity index (χ1n) is 10.3. The molecular weight excluding hydrogens is 388 g/mol. The van der Waals surface area contributed by atoms with Gasteiger partial charge in [0.1, 0.15) is 11.5 Å². The van der Waals surface area contributed by atoms with Gasteiger partial charge in [-0.15, -0.1) is 0 Å². The number of amides is 1. The molecule has 5 nitrogen and oxygen atoms in total. The van der Waals surface area contributed by atoms with E-state index in [1.165, 1.54) is 0 Å². The third-order valence-electron chi connectivity index (χ3n) is 5.18. The van der Waals surface area contributed by atoms with Crippen LogP contribution in [0.4, 0.5) is 0 Å². The Hall–Kier alpha value is -3.31. The summed E-state index contributed by atoms with van der Waals surface area (Å²) in [5.41, 5.74) is 4.26. The van der Waals surface area contributed by atoms with Gasteiger partial charge in [-0.25, -0.2) is 0 Å². The molecule has 0 spiro atoms. The highest BCUT2D eigenvalue weighted by Crippen LogP contribution is 2.24. The third-order valence-corrected chi connectivity index (χ3v) is 5.18. The van der Waals surface area contributed by atoms with Crippen LogP contribution in [0, 0.1) is 6.92 Å². The Kier molecular flexibility index (Phi) is 7.68. The van der Waals surface area contributed by atoms with E-state index in [2.05, 4.69) is 18.3 Å². The fraction of sp³-hybridized carbons (Fsp3) is 0.269. The predicted octanol–water partition coefficient (Wildman–Crippen LogP) is 4.35. The van der Waals surface area contributed by atoms with Crippen LogP contribution in [0.3, 0.4) is 0 Å². The van der Waals surface area contributed by atoms with E-state index < -0.39 is 0 Å². The quantitative estimate of drug-likeness (QED) is 0.561. The van der Waals surface area contributed by atoms with Gasteiger partial charge in [0.25, 0.3) is 0 Å². The summed E-state index contributed by atoms with van der Waals surface area (Å²) in [4.78, 5) is 14.9. The van der Waals surface area contributed by atoms with E-state index in [9.17, 15) is 4.79 Å². The lowest BCUT2D eigenvalue weighted by Crippen LogP contribution is -2.37. The van der Waals surface area contributed by atoms with Crippen LogP contribution in [0.2, 0.25) is 0 Å². The van der Waals surface area contributed by atoms with Crippen LogP contribution in [-0.2, 0) is 11.3 Å². The van der Waals surface area contributed by atoms with Crippen molar-refractivity contribution in [2.45, 2.75) is 19.5 Å². The van der Waals surface area contributed by atoms with E-state index in [1.54, 1.807) is 14.2 Å². The zero-order valence-corrected chi connectivity index (χ0v) is 18.6. The van der Waals surface area contributed by atoms with Crippen molar-refractivity contribution >= 4 is 5.91 Å². The van der Waals surface area contributed by atoms with E-state index in [0.29, 0.717) is 6.54 Å². The fourth-order valence-corrected chi connectivity index (χ4v) is 3.63. The molecule has 0 saturated heterocycles. The molecule has 0 aliphatic rings. The maximum Gasteiger partial charge on any atom is 0.234 e. The monoisotopic (exact) mass is 418 g/mol. The summed E-state index contributed by atoms with van der Waals surface area (Å²) in [6.07, 6.45) is 0. The van der Waals surface area contributed by atoms with Crippen LogP contribution in [0.5, 0.6) is 11.5 Å². The molecule has 5 heteroatoms. The number of nitrogens with zero attached hydrogens (tertiary/aromatic N) is 1. The maximum atomic E-state index is 12.9. The summed E-state index contributed by atoms with van der Waals surface area (Å²) in [7, 11) is 5.25. The smallest absolute Gasteiger partial charge is 0.234 e. The van der Waals surface area contributed by atoms with Crippen molar-refractivity contribution in [1.82, 2.24) is 10.2 Å². The van der Waals surface area contributed by atoms with Crippen LogP contribution >= 0.6 is 0 Å². The van der Waals surface area contributed by atoms with Crippen LogP contribution in [0.15, 0.2) is 72.8 Å². The van der Waals surface area contributed by atoms with Gasteiger partial charge in [0.05, 0.1) is 26.8 Å². The second kappa shape index (κ2) is 10.6. The van der Waals surface area contributed by atoms with Crippen molar-refractivity contribution < 1.29 is 14.3 Å². The van der Waals surface area contributed by atoms with Crippen molar-refractivity contribution in [2.24, 2.45) is 0 Å². The normalized spacial score (nSPS) is 11.8. The summed E-state index contributed by atoms with van der Waals surface area (Å²) in [6.45, 7) is 2.95. The van der Waals surface area contributed by atoms with E-state index >= 15 is 0 Å². The van der Waals surface area contributed by atoms with Crippen LogP contribution < -0.4 is 14.8 Å². The van der Waals surface area contributed by atoms with Crippen molar-refractivity contribution in [3.8, 4) is 11.5 Å². The average molecular weight is 419 g/mol. The zero-order chi connectivity index (χ0) is 22.2. The average Bonchev–Trinajstić information content (AvgIpc) is 2.78. The maximum absolute atomic E-state index is 12.9. The first kappa shape index (κ1) is 22.4. The van der Waals surface area contributed by atoms with E-state index in [1.807, 2.05) is 78.7 Å². The highest BCUT2D eigenvalue weighted by atomic mass is 16.5. The molecule has 3 aromatic carbocycles. The van der Waals surface area contributed by atoms with Gasteiger partial charge in [-0.3, -0.25) is 9.69 Å². The molecule has 0 saturated carbocycles. The Balaban J connectivity index is 1.72. The number of methoxy groups -OCH3 is 2. The molecule has 3 rings (SSSR count). The lowest BCUT2D eigenvalue weighted by Gasteiger charge is -2.23. The largest absolute Gasteiger partial charge is 0.497 e. The molecule has 0 unspecified atom stereocenters. The Morgan fingerprint density at radius 3 is 2.26 bits per heavy atom. The minimum Gasteiger partial charge on any atom is -0.497 e. The van der Waals surface area contributed by atoms with Gasteiger partial charge < -0.3 is 14.8 Å². The van der Waals surface area contributed by atoms with Crippen LogP contribution in [-0.4, -0.2) is 38.6 Å². The van der Waals surface area contributed by atoms with Gasteiger partial charge in [-0.2, -0.15) is 0 Å². The lowest BCUT2D eigenvalue weighted by atomic mass is 9.98. The molecule has 0 bridgehead atoms. The molecule has 1 N–H and O–H groups in total. The summed E-state index contributed by atoms with van der Waals surface area (Å²) in [5.74, 6) is 1.57. The van der Waals surface area contributed by atoms with E-state index in [4.69, 9.17) is 9.47 Å². The highest BCUT2D eigenvalue weighted by Gasteiger charge is 2.18. The predicted molar refractivity (Wildman–Crippen MR) is 123 cm³/mol. The van der Waals surface area contributed by atoms with Crippen molar-refractivity contribution in [3.05, 3.63) is 95.1 Å². The standard InChI is InChI=1S/C26H30N2O3/c1-19-10-15-24(31-4)22(16-19)17-28(2)18-25(29)27-26(20-8-6-5-7-9-20)21-11-13-23(30-3)14-12-21/h5-16,26H,17-18H2,1-4H3,(H,27,29)/t26-/m0/s1. The first-order chi connectivity index (χ1) is 15.0. The van der Waals surface area contributed by atoms with Gasteiger partial charge in [-0.1, -0.05) is 60.2 Å². The molecule has 0 aliphatic heterocycles. The van der Waals surface area contributed by atoms with Crippen molar-refractivity contribution in [2.75, 3.05) is 27.8 Å². The number of rotatable bonds is 9. The van der Waals surface area contributed by atoms with E-state index in [0.717, 1.165) is 33.8 Å². The summed E-state index contributed by atoms with van der Waals surface area (Å²) in [5, 5.41) is 3.19. The Morgan fingerprint density at radius 1 is 0.935 bits per heavy atom. The minimum absolute atomic E-state index is 0.0428. The molecule has 0 aliphatic carbocycles. The molecule has 3 aromatic rings. The Bertz CT molecular complexity index is 987. The van der Waals surface area contributed by atoms with Crippen molar-refractivity contribution in [1.29, 1.82) is 0 Å². The van der Waals surface area contributed by atoms with Gasteiger partial charge in [-0.05, 0) is 43.3 Å². The number of hydrogen-bond acceptors (Lipinski definition) is 4. The molecule has 0 aromatic heterocycles. The van der Waals surface area contributed by atoms with Gasteiger partial charge in [0, 0.05) is 12.1 Å². The van der Waals surface area contributed by atoms with Crippen LogP contribution in [0.25, 0.3) is 0 Å². The molecule has 0 fully saturated rings. The van der Waals surface area contributed by atoms with E-state index in [-0.39, 0.29) is 18.5 Å². The second-order valence-electron chi connectivity index (χ2n) is 7.67. The number of ether oxygens (including phenoxy) is 2. The summed E-state index contributed by atoms with van der Waals surface area (Å²) in [6, 6.07) is 23.6. The number of likely N-dealkylation sites (N-methyl/N-ethyl adjacent to an activating group) is 1. The number of carbonyl (C=O) groups excluding carboxylic acids is 1. The summed E-state index contributed by atoms with van der Waals surface area (Å²) < 4.78 is 10.7. The molecular formula is C26H30N2O3. The fourth-order valence-electron chi connectivity index (χ4n) is 3.63. The van der Waals surface area contributed by atoms with Crippen molar-refractivity contribution in [3.63, 3.8) is 0 Å². The van der Waals surface area contributed by atoms with Crippen LogP contribution in [0.1, 0.15) is 28.3 Å². The minimum atomic E-state index is -0.235. The first-order valence-corrected chi connectivity index (χ1v) is 10.3.